The van der Waals surface area contributed by atoms with Crippen LogP contribution in [0, 0.1) is 0 Å². The molecule has 1 heterocycles. The number of ether oxygens (including phenoxy) is 2. The summed E-state index contributed by atoms with van der Waals surface area (Å²) >= 11 is 0. The zero-order valence-electron chi connectivity index (χ0n) is 20.6. The van der Waals surface area contributed by atoms with Crippen molar-refractivity contribution >= 4 is 23.2 Å². The molecule has 182 valence electrons. The zero-order chi connectivity index (χ0) is 24.9. The fourth-order valence-corrected chi connectivity index (χ4v) is 4.25. The third-order valence-corrected chi connectivity index (χ3v) is 6.00. The molecule has 0 unspecified atom stereocenters. The molecule has 7 heteroatoms. The molecule has 3 aromatic carbocycles. The Hall–Kier alpha value is -4.00. The first-order valence-electron chi connectivity index (χ1n) is 11.7. The number of carbonyl (C=O) groups is 2. The molecule has 2 amide bonds. The molecule has 0 aliphatic carbocycles. The van der Waals surface area contributed by atoms with E-state index in [2.05, 4.69) is 33.7 Å². The summed E-state index contributed by atoms with van der Waals surface area (Å²) < 4.78 is 10.5. The lowest BCUT2D eigenvalue weighted by Gasteiger charge is -2.32. The Morgan fingerprint density at radius 2 is 1.57 bits per heavy atom. The average molecular weight is 474 g/mol. The van der Waals surface area contributed by atoms with E-state index in [1.54, 1.807) is 24.3 Å². The van der Waals surface area contributed by atoms with Gasteiger partial charge in [-0.2, -0.15) is 0 Å². The molecule has 0 spiro atoms. The fourth-order valence-electron chi connectivity index (χ4n) is 4.25. The van der Waals surface area contributed by atoms with E-state index in [4.69, 9.17) is 9.47 Å². The lowest BCUT2D eigenvalue weighted by atomic mass is 9.98. The number of amides is 2. The minimum absolute atomic E-state index is 0.0140. The topological polar surface area (TPSA) is 79.9 Å². The second-order valence-electron chi connectivity index (χ2n) is 8.86. The van der Waals surface area contributed by atoms with Crippen LogP contribution in [0.3, 0.4) is 0 Å². The lowest BCUT2D eigenvalue weighted by Crippen LogP contribution is -2.35. The summed E-state index contributed by atoms with van der Waals surface area (Å²) in [5, 5.41) is 5.90. The van der Waals surface area contributed by atoms with E-state index < -0.39 is 0 Å². The maximum atomic E-state index is 13.2. The van der Waals surface area contributed by atoms with Gasteiger partial charge in [0, 0.05) is 42.1 Å². The number of fused-ring (bicyclic) bond motifs is 1. The molecular formula is C28H31N3O4. The van der Waals surface area contributed by atoms with Crippen LogP contribution in [0.2, 0.25) is 0 Å². The summed E-state index contributed by atoms with van der Waals surface area (Å²) in [6.45, 7) is 5.40. The molecule has 7 nitrogen and oxygen atoms in total. The van der Waals surface area contributed by atoms with Gasteiger partial charge in [-0.15, -0.1) is 0 Å². The van der Waals surface area contributed by atoms with Crippen molar-refractivity contribution in [1.29, 1.82) is 0 Å². The second kappa shape index (κ2) is 10.5. The van der Waals surface area contributed by atoms with E-state index in [0.29, 0.717) is 28.3 Å². The first-order valence-corrected chi connectivity index (χ1v) is 11.7. The summed E-state index contributed by atoms with van der Waals surface area (Å²) in [6, 6.07) is 18.8. The van der Waals surface area contributed by atoms with Crippen LogP contribution in [0.1, 0.15) is 45.7 Å². The van der Waals surface area contributed by atoms with Crippen molar-refractivity contribution in [3.05, 3.63) is 82.9 Å². The molecule has 4 rings (SSSR count). The molecule has 0 fully saturated rings. The number of carbonyl (C=O) groups excluding carboxylic acids is 2. The van der Waals surface area contributed by atoms with Crippen LogP contribution < -0.4 is 25.0 Å². The van der Waals surface area contributed by atoms with E-state index in [9.17, 15) is 9.59 Å². The molecule has 0 aromatic heterocycles. The summed E-state index contributed by atoms with van der Waals surface area (Å²) in [7, 11) is 3.07. The average Bonchev–Trinajstić information content (AvgIpc) is 2.87. The van der Waals surface area contributed by atoms with Crippen molar-refractivity contribution < 1.29 is 19.1 Å². The van der Waals surface area contributed by atoms with Gasteiger partial charge < -0.3 is 25.0 Å². The van der Waals surface area contributed by atoms with Crippen LogP contribution in [0.15, 0.2) is 60.7 Å². The van der Waals surface area contributed by atoms with Gasteiger partial charge in [0.25, 0.3) is 11.8 Å². The van der Waals surface area contributed by atoms with Gasteiger partial charge in [0.2, 0.25) is 0 Å². The Morgan fingerprint density at radius 3 is 2.23 bits per heavy atom. The zero-order valence-corrected chi connectivity index (χ0v) is 20.6. The molecule has 1 aliphatic heterocycles. The first kappa shape index (κ1) is 24.1. The number of hydrogen-bond acceptors (Lipinski definition) is 5. The quantitative estimate of drug-likeness (QED) is 0.522. The molecule has 0 radical (unpaired) electrons. The fraction of sp³-hybridized carbons (Fsp3) is 0.286. The maximum absolute atomic E-state index is 13.2. The smallest absolute Gasteiger partial charge is 0.255 e. The molecular weight excluding hydrogens is 442 g/mol. The standard InChI is InChI=1S/C28H31N3O4/c1-18(2)29-28(33)25-15-22(30-27(32)21-13-23(34-3)16-24(14-21)35-4)9-10-26(25)31-12-11-19-7-5-6-8-20(19)17-31/h5-10,13-16,18H,11-12,17H2,1-4H3,(H,29,33)(H,30,32). The molecule has 35 heavy (non-hydrogen) atoms. The Balaban J connectivity index is 1.63. The van der Waals surface area contributed by atoms with E-state index in [-0.39, 0.29) is 17.9 Å². The number of methoxy groups -OCH3 is 2. The number of nitrogens with zero attached hydrogens (tertiary/aromatic N) is 1. The van der Waals surface area contributed by atoms with Crippen LogP contribution in [0.25, 0.3) is 0 Å². The number of anilines is 2. The van der Waals surface area contributed by atoms with Crippen LogP contribution in [0.4, 0.5) is 11.4 Å². The SMILES string of the molecule is COc1cc(OC)cc(C(=O)Nc2ccc(N3CCc4ccccc4C3)c(C(=O)NC(C)C)c2)c1. The van der Waals surface area contributed by atoms with E-state index in [0.717, 1.165) is 25.2 Å². The van der Waals surface area contributed by atoms with Gasteiger partial charge >= 0.3 is 0 Å². The third kappa shape index (κ3) is 5.57. The normalized spacial score (nSPS) is 12.7. The number of benzene rings is 3. The van der Waals surface area contributed by atoms with Crippen LogP contribution in [-0.2, 0) is 13.0 Å². The van der Waals surface area contributed by atoms with Gasteiger partial charge in [0.05, 0.1) is 19.8 Å². The highest BCUT2D eigenvalue weighted by molar-refractivity contribution is 6.06. The third-order valence-electron chi connectivity index (χ3n) is 6.00. The molecule has 2 N–H and O–H groups in total. The Labute approximate surface area is 206 Å². The van der Waals surface area contributed by atoms with E-state index in [1.165, 1.54) is 25.3 Å². The van der Waals surface area contributed by atoms with Crippen molar-refractivity contribution in [2.45, 2.75) is 32.9 Å². The van der Waals surface area contributed by atoms with Crippen molar-refractivity contribution in [1.82, 2.24) is 5.32 Å². The molecule has 0 atom stereocenters. The van der Waals surface area contributed by atoms with E-state index in [1.807, 2.05) is 32.0 Å². The van der Waals surface area contributed by atoms with E-state index >= 15 is 0 Å². The summed E-state index contributed by atoms with van der Waals surface area (Å²) in [6.07, 6.45) is 0.914. The maximum Gasteiger partial charge on any atom is 0.255 e. The van der Waals surface area contributed by atoms with Gasteiger partial charge in [-0.25, -0.2) is 0 Å². The predicted octanol–water partition coefficient (Wildman–Crippen LogP) is 4.66. The summed E-state index contributed by atoms with van der Waals surface area (Å²) in [5.41, 5.74) is 4.91. The second-order valence-corrected chi connectivity index (χ2v) is 8.86. The predicted molar refractivity (Wildman–Crippen MR) is 138 cm³/mol. The lowest BCUT2D eigenvalue weighted by molar-refractivity contribution is 0.0942. The van der Waals surface area contributed by atoms with Gasteiger partial charge in [0.15, 0.2) is 0 Å². The van der Waals surface area contributed by atoms with Crippen LogP contribution in [-0.4, -0.2) is 38.6 Å². The largest absolute Gasteiger partial charge is 0.497 e. The van der Waals surface area contributed by atoms with Crippen molar-refractivity contribution in [2.75, 3.05) is 31.0 Å². The minimum Gasteiger partial charge on any atom is -0.497 e. The first-order chi connectivity index (χ1) is 16.9. The van der Waals surface area contributed by atoms with Gasteiger partial charge in [-0.05, 0) is 61.7 Å². The monoisotopic (exact) mass is 473 g/mol. The van der Waals surface area contributed by atoms with Crippen molar-refractivity contribution in [3.63, 3.8) is 0 Å². The van der Waals surface area contributed by atoms with Crippen LogP contribution in [0.5, 0.6) is 11.5 Å². The van der Waals surface area contributed by atoms with Gasteiger partial charge in [0.1, 0.15) is 11.5 Å². The van der Waals surface area contributed by atoms with Crippen molar-refractivity contribution in [2.24, 2.45) is 0 Å². The molecule has 0 bridgehead atoms. The molecule has 0 saturated carbocycles. The summed E-state index contributed by atoms with van der Waals surface area (Å²) in [5.74, 6) is 0.546. The molecule has 3 aromatic rings. The number of rotatable bonds is 7. The summed E-state index contributed by atoms with van der Waals surface area (Å²) in [4.78, 5) is 28.4. The van der Waals surface area contributed by atoms with Crippen molar-refractivity contribution in [3.8, 4) is 11.5 Å². The Bertz CT molecular complexity index is 1220. The van der Waals surface area contributed by atoms with Gasteiger partial charge in [-0.1, -0.05) is 24.3 Å². The Morgan fingerprint density at radius 1 is 0.886 bits per heavy atom. The molecule has 0 saturated heterocycles. The highest BCUT2D eigenvalue weighted by atomic mass is 16.5. The minimum atomic E-state index is -0.322. The number of nitrogens with one attached hydrogen (secondary N) is 2. The highest BCUT2D eigenvalue weighted by Gasteiger charge is 2.22. The van der Waals surface area contributed by atoms with Gasteiger partial charge in [-0.3, -0.25) is 9.59 Å². The Kier molecular flexibility index (Phi) is 7.25. The highest BCUT2D eigenvalue weighted by Crippen LogP contribution is 2.30. The molecule has 1 aliphatic rings. The van der Waals surface area contributed by atoms with Crippen LogP contribution >= 0.6 is 0 Å². The number of hydrogen-bond donors (Lipinski definition) is 2.